The van der Waals surface area contributed by atoms with E-state index in [1.165, 1.54) is 18.2 Å². The van der Waals surface area contributed by atoms with Crippen LogP contribution in [0.5, 0.6) is 5.75 Å². The van der Waals surface area contributed by atoms with E-state index in [9.17, 15) is 18.3 Å². The summed E-state index contributed by atoms with van der Waals surface area (Å²) in [4.78, 5) is 0. The predicted octanol–water partition coefficient (Wildman–Crippen LogP) is 3.30. The average molecular weight is 275 g/mol. The number of anilines is 1. The molecule has 0 spiro atoms. The van der Waals surface area contributed by atoms with Gasteiger partial charge in [0, 0.05) is 11.8 Å². The lowest BCUT2D eigenvalue weighted by Gasteiger charge is -2.29. The summed E-state index contributed by atoms with van der Waals surface area (Å²) in [5, 5.41) is 12.9. The Morgan fingerprint density at radius 3 is 2.63 bits per heavy atom. The number of ether oxygens (including phenoxy) is 1. The van der Waals surface area contributed by atoms with Crippen molar-refractivity contribution >= 4 is 5.69 Å². The lowest BCUT2D eigenvalue weighted by molar-refractivity contribution is -0.274. The third-order valence-electron chi connectivity index (χ3n) is 3.15. The van der Waals surface area contributed by atoms with Gasteiger partial charge >= 0.3 is 6.36 Å². The number of hydrogen-bond donors (Lipinski definition) is 2. The van der Waals surface area contributed by atoms with Gasteiger partial charge in [0.2, 0.25) is 0 Å². The Bertz CT molecular complexity index is 423. The summed E-state index contributed by atoms with van der Waals surface area (Å²) in [6, 6.07) is 5.56. The molecule has 1 aromatic carbocycles. The summed E-state index contributed by atoms with van der Waals surface area (Å²) in [5.74, 6) is -0.261. The summed E-state index contributed by atoms with van der Waals surface area (Å²) in [6.07, 6.45) is -1.63. The minimum absolute atomic E-state index is 0.116. The van der Waals surface area contributed by atoms with Gasteiger partial charge in [-0.2, -0.15) is 0 Å². The molecule has 19 heavy (non-hydrogen) atoms. The SMILES string of the molecule is OC1CCCCC1Nc1cccc(OC(F)(F)F)c1. The maximum atomic E-state index is 12.1. The Morgan fingerprint density at radius 1 is 1.21 bits per heavy atom. The van der Waals surface area contributed by atoms with Gasteiger partial charge in [0.05, 0.1) is 12.1 Å². The fraction of sp³-hybridized carbons (Fsp3) is 0.538. The summed E-state index contributed by atoms with van der Waals surface area (Å²) in [6.45, 7) is 0. The van der Waals surface area contributed by atoms with Crippen molar-refractivity contribution in [1.82, 2.24) is 0 Å². The molecule has 0 bridgehead atoms. The summed E-state index contributed by atoms with van der Waals surface area (Å²) in [7, 11) is 0. The number of halogens is 3. The fourth-order valence-corrected chi connectivity index (χ4v) is 2.28. The molecule has 0 radical (unpaired) electrons. The predicted molar refractivity (Wildman–Crippen MR) is 65.0 cm³/mol. The zero-order chi connectivity index (χ0) is 13.9. The molecular weight excluding hydrogens is 259 g/mol. The highest BCUT2D eigenvalue weighted by Gasteiger charge is 2.31. The van der Waals surface area contributed by atoms with Crippen LogP contribution in [0.4, 0.5) is 18.9 Å². The van der Waals surface area contributed by atoms with Gasteiger partial charge in [0.1, 0.15) is 5.75 Å². The molecule has 0 saturated heterocycles. The molecule has 2 atom stereocenters. The molecule has 2 rings (SSSR count). The lowest BCUT2D eigenvalue weighted by Crippen LogP contribution is -2.36. The number of rotatable bonds is 3. The van der Waals surface area contributed by atoms with E-state index in [1.54, 1.807) is 6.07 Å². The fourth-order valence-electron chi connectivity index (χ4n) is 2.28. The van der Waals surface area contributed by atoms with E-state index in [1.807, 2.05) is 0 Å². The van der Waals surface area contributed by atoms with Crippen LogP contribution in [0, 0.1) is 0 Å². The monoisotopic (exact) mass is 275 g/mol. The van der Waals surface area contributed by atoms with Crippen LogP contribution in [-0.4, -0.2) is 23.6 Å². The molecule has 2 unspecified atom stereocenters. The number of aliphatic hydroxyl groups excluding tert-OH is 1. The first kappa shape index (κ1) is 14.0. The highest BCUT2D eigenvalue weighted by Crippen LogP contribution is 2.27. The highest BCUT2D eigenvalue weighted by atomic mass is 19.4. The van der Waals surface area contributed by atoms with Crippen molar-refractivity contribution in [2.75, 3.05) is 5.32 Å². The summed E-state index contributed by atoms with van der Waals surface area (Å²) in [5.41, 5.74) is 0.521. The second-order valence-electron chi connectivity index (χ2n) is 4.68. The molecule has 2 N–H and O–H groups in total. The third kappa shape index (κ3) is 4.31. The largest absolute Gasteiger partial charge is 0.573 e. The van der Waals surface area contributed by atoms with Gasteiger partial charge in [-0.3, -0.25) is 0 Å². The molecule has 0 amide bonds. The normalized spacial score (nSPS) is 24.0. The molecular formula is C13H16F3NO2. The molecule has 1 fully saturated rings. The van der Waals surface area contributed by atoms with Crippen LogP contribution in [0.15, 0.2) is 24.3 Å². The molecule has 1 saturated carbocycles. The Morgan fingerprint density at radius 2 is 1.95 bits per heavy atom. The number of benzene rings is 1. The van der Waals surface area contributed by atoms with Crippen molar-refractivity contribution in [1.29, 1.82) is 0 Å². The van der Waals surface area contributed by atoms with Crippen LogP contribution in [0.3, 0.4) is 0 Å². The van der Waals surface area contributed by atoms with Crippen molar-refractivity contribution in [3.63, 3.8) is 0 Å². The van der Waals surface area contributed by atoms with Crippen molar-refractivity contribution in [2.45, 2.75) is 44.2 Å². The van der Waals surface area contributed by atoms with Crippen LogP contribution in [-0.2, 0) is 0 Å². The minimum atomic E-state index is -4.69. The molecule has 1 aliphatic carbocycles. The van der Waals surface area contributed by atoms with Gasteiger partial charge in [-0.25, -0.2) is 0 Å². The third-order valence-corrected chi connectivity index (χ3v) is 3.15. The number of aliphatic hydroxyl groups is 1. The van der Waals surface area contributed by atoms with Crippen molar-refractivity contribution in [3.8, 4) is 5.75 Å². The molecule has 1 aliphatic rings. The van der Waals surface area contributed by atoms with Gasteiger partial charge in [-0.15, -0.1) is 13.2 Å². The Kier molecular flexibility index (Phi) is 4.19. The highest BCUT2D eigenvalue weighted by molar-refractivity contribution is 5.49. The van der Waals surface area contributed by atoms with Crippen LogP contribution in [0.2, 0.25) is 0 Å². The standard InChI is InChI=1S/C13H16F3NO2/c14-13(15,16)19-10-5-3-4-9(8-10)17-11-6-1-2-7-12(11)18/h3-5,8,11-12,17-18H,1-2,6-7H2. The first-order valence-electron chi connectivity index (χ1n) is 6.24. The van der Waals surface area contributed by atoms with E-state index in [-0.39, 0.29) is 11.8 Å². The first-order chi connectivity index (χ1) is 8.94. The summed E-state index contributed by atoms with van der Waals surface area (Å²) < 4.78 is 40.2. The summed E-state index contributed by atoms with van der Waals surface area (Å²) >= 11 is 0. The van der Waals surface area contributed by atoms with E-state index >= 15 is 0 Å². The van der Waals surface area contributed by atoms with E-state index in [0.29, 0.717) is 5.69 Å². The number of hydrogen-bond acceptors (Lipinski definition) is 3. The Hall–Kier alpha value is -1.43. The first-order valence-corrected chi connectivity index (χ1v) is 6.24. The maximum Gasteiger partial charge on any atom is 0.573 e. The molecule has 3 nitrogen and oxygen atoms in total. The van der Waals surface area contributed by atoms with Crippen molar-refractivity contribution in [2.24, 2.45) is 0 Å². The number of alkyl halides is 3. The van der Waals surface area contributed by atoms with Gasteiger partial charge in [-0.1, -0.05) is 18.9 Å². The van der Waals surface area contributed by atoms with Gasteiger partial charge < -0.3 is 15.2 Å². The zero-order valence-electron chi connectivity index (χ0n) is 10.3. The van der Waals surface area contributed by atoms with Gasteiger partial charge in [0.15, 0.2) is 0 Å². The Labute approximate surface area is 109 Å². The zero-order valence-corrected chi connectivity index (χ0v) is 10.3. The second-order valence-corrected chi connectivity index (χ2v) is 4.68. The van der Waals surface area contributed by atoms with E-state index in [4.69, 9.17) is 0 Å². The molecule has 0 aliphatic heterocycles. The molecule has 0 aromatic heterocycles. The van der Waals surface area contributed by atoms with Crippen LogP contribution in [0.25, 0.3) is 0 Å². The molecule has 0 heterocycles. The maximum absolute atomic E-state index is 12.1. The second kappa shape index (κ2) is 5.69. The van der Waals surface area contributed by atoms with Crippen molar-refractivity contribution < 1.29 is 23.0 Å². The molecule has 1 aromatic rings. The number of nitrogens with one attached hydrogen (secondary N) is 1. The minimum Gasteiger partial charge on any atom is -0.406 e. The van der Waals surface area contributed by atoms with Crippen LogP contribution in [0.1, 0.15) is 25.7 Å². The smallest absolute Gasteiger partial charge is 0.406 e. The average Bonchev–Trinajstić information content (AvgIpc) is 2.30. The van der Waals surface area contributed by atoms with Crippen LogP contribution >= 0.6 is 0 Å². The lowest BCUT2D eigenvalue weighted by atomic mass is 9.92. The van der Waals surface area contributed by atoms with E-state index in [0.717, 1.165) is 25.7 Å². The Balaban J connectivity index is 2.02. The van der Waals surface area contributed by atoms with E-state index in [2.05, 4.69) is 10.1 Å². The topological polar surface area (TPSA) is 41.5 Å². The van der Waals surface area contributed by atoms with Crippen molar-refractivity contribution in [3.05, 3.63) is 24.3 Å². The quantitative estimate of drug-likeness (QED) is 0.889. The van der Waals surface area contributed by atoms with Crippen LogP contribution < -0.4 is 10.1 Å². The van der Waals surface area contributed by atoms with E-state index < -0.39 is 12.5 Å². The van der Waals surface area contributed by atoms with Gasteiger partial charge in [0.25, 0.3) is 0 Å². The van der Waals surface area contributed by atoms with Gasteiger partial charge in [-0.05, 0) is 25.0 Å². The molecule has 6 heteroatoms. The molecule has 106 valence electrons.